The van der Waals surface area contributed by atoms with Crippen molar-refractivity contribution in [3.05, 3.63) is 142 Å². The van der Waals surface area contributed by atoms with E-state index < -0.39 is 37.4 Å². The second-order valence-corrected chi connectivity index (χ2v) is 22.1. The molecular weight excluding hydrogens is 869 g/mol. The summed E-state index contributed by atoms with van der Waals surface area (Å²) in [5.74, 6) is -1.24. The third kappa shape index (κ3) is 9.83. The molecule has 3 N–H and O–H groups in total. The minimum atomic E-state index is -4.57. The van der Waals surface area contributed by atoms with E-state index in [1.807, 2.05) is 18.2 Å². The second-order valence-electron chi connectivity index (χ2n) is 19.2. The Hall–Kier alpha value is -5.40. The van der Waals surface area contributed by atoms with Gasteiger partial charge in [-0.25, -0.2) is 0 Å². The lowest BCUT2D eigenvalue weighted by Gasteiger charge is -2.27. The molecule has 0 aliphatic carbocycles. The van der Waals surface area contributed by atoms with E-state index in [0.717, 1.165) is 65.9 Å². The molecule has 0 saturated heterocycles. The average molecular weight is 932 g/mol. The van der Waals surface area contributed by atoms with Gasteiger partial charge in [-0.15, -0.1) is 0 Å². The molecule has 2 aliphatic heterocycles. The number of allylic oxidation sites excluding steroid dienone is 6. The predicted molar refractivity (Wildman–Crippen MR) is 268 cm³/mol. The molecule has 2 aliphatic rings. The van der Waals surface area contributed by atoms with E-state index in [9.17, 15) is 35.8 Å². The minimum Gasteiger partial charge on any atom is -0.481 e. The van der Waals surface area contributed by atoms with Crippen LogP contribution in [0.3, 0.4) is 0 Å². The van der Waals surface area contributed by atoms with Gasteiger partial charge in [0.25, 0.3) is 20.2 Å². The monoisotopic (exact) mass is 931 g/mol. The first-order chi connectivity index (χ1) is 31.0. The molecule has 12 heteroatoms. The molecule has 2 heterocycles. The fourth-order valence-corrected chi connectivity index (χ4v) is 11.7. The van der Waals surface area contributed by atoms with Crippen LogP contribution in [0.15, 0.2) is 108 Å². The molecule has 5 aromatic carbocycles. The van der Waals surface area contributed by atoms with Crippen molar-refractivity contribution in [3.63, 3.8) is 0 Å². The van der Waals surface area contributed by atoms with Gasteiger partial charge in [-0.2, -0.15) is 21.4 Å². The van der Waals surface area contributed by atoms with Crippen LogP contribution in [0.2, 0.25) is 0 Å². The normalized spacial score (nSPS) is 16.6. The van der Waals surface area contributed by atoms with Gasteiger partial charge in [-0.3, -0.25) is 13.9 Å². The molecule has 0 fully saturated rings. The Morgan fingerprint density at radius 3 is 2.15 bits per heavy atom. The smallest absolute Gasteiger partial charge is 0.303 e. The molecule has 10 nitrogen and oxygen atoms in total. The molecular formula is C54H63N2O8S2+. The first-order valence-corrected chi connectivity index (χ1v) is 26.0. The highest BCUT2D eigenvalue weighted by molar-refractivity contribution is 7.86. The number of rotatable bonds is 17. The number of carboxylic acid groups (broad SMARTS) is 1. The zero-order valence-electron chi connectivity index (χ0n) is 39.4. The predicted octanol–water partition coefficient (Wildman–Crippen LogP) is 11.7. The third-order valence-electron chi connectivity index (χ3n) is 13.4. The molecule has 66 heavy (non-hydrogen) atoms. The molecule has 0 radical (unpaired) electrons. The number of hydrogen-bond acceptors (Lipinski definition) is 6. The quantitative estimate of drug-likeness (QED) is 0.0358. The number of carbonyl (C=O) groups is 1. The van der Waals surface area contributed by atoms with E-state index in [4.69, 9.17) is 0 Å². The molecule has 0 unspecified atom stereocenters. The first kappa shape index (κ1) is 48.5. The van der Waals surface area contributed by atoms with Gasteiger partial charge in [0.05, 0.1) is 11.2 Å². The summed E-state index contributed by atoms with van der Waals surface area (Å²) in [7, 11) is -8.82. The Bertz CT molecular complexity index is 3120. The Kier molecular flexibility index (Phi) is 13.8. The topological polar surface area (TPSA) is 152 Å². The fourth-order valence-electron chi connectivity index (χ4n) is 10.4. The maximum Gasteiger partial charge on any atom is 0.303 e. The maximum absolute atomic E-state index is 12.7. The lowest BCUT2D eigenvalue weighted by molar-refractivity contribution is -0.438. The van der Waals surface area contributed by atoms with E-state index >= 15 is 0 Å². The maximum atomic E-state index is 12.7. The van der Waals surface area contributed by atoms with Gasteiger partial charge in [0.1, 0.15) is 11.4 Å². The number of aliphatic carboxylic acids is 1. The average Bonchev–Trinajstić information content (AvgIpc) is 3.58. The van der Waals surface area contributed by atoms with Crippen molar-refractivity contribution in [2.24, 2.45) is 0 Å². The van der Waals surface area contributed by atoms with Gasteiger partial charge >= 0.3 is 5.97 Å². The van der Waals surface area contributed by atoms with Gasteiger partial charge in [0, 0.05) is 59.3 Å². The molecule has 0 aromatic heterocycles. The highest BCUT2D eigenvalue weighted by atomic mass is 32.2. The summed E-state index contributed by atoms with van der Waals surface area (Å²) in [6, 6.07) is 24.3. The van der Waals surface area contributed by atoms with Gasteiger partial charge < -0.3 is 10.0 Å². The van der Waals surface area contributed by atoms with Crippen LogP contribution in [0.25, 0.3) is 27.1 Å². The molecule has 0 amide bonds. The van der Waals surface area contributed by atoms with E-state index in [-0.39, 0.29) is 29.7 Å². The highest BCUT2D eigenvalue weighted by Crippen LogP contribution is 2.52. The Labute approximate surface area is 390 Å². The van der Waals surface area contributed by atoms with Gasteiger partial charge in [0.2, 0.25) is 5.69 Å². The molecule has 0 bridgehead atoms. The number of hydrogen-bond donors (Lipinski definition) is 3. The van der Waals surface area contributed by atoms with Crippen molar-refractivity contribution in [2.45, 2.75) is 116 Å². The van der Waals surface area contributed by atoms with Crippen molar-refractivity contribution < 1.29 is 40.4 Å². The fraction of sp³-hybridized carbons (Fsp3) is 0.370. The Morgan fingerprint density at radius 2 is 1.47 bits per heavy atom. The molecule has 348 valence electrons. The van der Waals surface area contributed by atoms with E-state index in [2.05, 4.69) is 125 Å². The Balaban J connectivity index is 1.42. The lowest BCUT2D eigenvalue weighted by atomic mass is 9.78. The van der Waals surface area contributed by atoms with Crippen LogP contribution in [-0.2, 0) is 42.3 Å². The number of anilines is 1. The van der Waals surface area contributed by atoms with Crippen molar-refractivity contribution in [1.82, 2.24) is 0 Å². The molecule has 7 rings (SSSR count). The number of carboxylic acids is 1. The van der Waals surface area contributed by atoms with Crippen molar-refractivity contribution in [1.29, 1.82) is 0 Å². The van der Waals surface area contributed by atoms with Gasteiger partial charge in [-0.1, -0.05) is 87.4 Å². The lowest BCUT2D eigenvalue weighted by Crippen LogP contribution is -2.28. The molecule has 5 aromatic rings. The van der Waals surface area contributed by atoms with E-state index in [1.165, 1.54) is 44.9 Å². The summed E-state index contributed by atoms with van der Waals surface area (Å²) < 4.78 is 71.9. The number of aryl methyl sites for hydroxylation is 4. The zero-order valence-corrected chi connectivity index (χ0v) is 41.0. The summed E-state index contributed by atoms with van der Waals surface area (Å²) in [6.45, 7) is 18.2. The van der Waals surface area contributed by atoms with E-state index in [0.29, 0.717) is 22.8 Å². The largest absolute Gasteiger partial charge is 0.481 e. The Morgan fingerprint density at radius 1 is 0.773 bits per heavy atom. The molecule has 0 saturated carbocycles. The van der Waals surface area contributed by atoms with Crippen LogP contribution >= 0.6 is 0 Å². The number of nitrogens with zero attached hydrogens (tertiary/aromatic N) is 2. The summed E-state index contributed by atoms with van der Waals surface area (Å²) in [5.41, 5.74) is 11.2. The molecule has 0 spiro atoms. The van der Waals surface area contributed by atoms with E-state index in [1.54, 1.807) is 13.0 Å². The number of unbranched alkanes of at least 4 members (excludes halogenated alkanes) is 2. The van der Waals surface area contributed by atoms with Crippen molar-refractivity contribution >= 4 is 70.4 Å². The second kappa shape index (κ2) is 18.7. The van der Waals surface area contributed by atoms with Crippen LogP contribution in [0.4, 0.5) is 11.4 Å². The number of benzene rings is 5. The SMILES string of the molecule is CCCC[N+]1=C(C=CC(=CC=C2N(CCCS(=O)(=O)O)c3ccc4c(S(=O)(=O)O)cc(C)cc4c3C2(C)C)c2cccc(CCCCC(=O)O)c2)C(C)(C)c2c1ccc1c(C)cc(C)cc21. The highest BCUT2D eigenvalue weighted by Gasteiger charge is 2.46. The van der Waals surface area contributed by atoms with Crippen molar-refractivity contribution in [3.8, 4) is 0 Å². The van der Waals surface area contributed by atoms with Crippen LogP contribution in [0.1, 0.15) is 112 Å². The summed E-state index contributed by atoms with van der Waals surface area (Å²) in [5, 5.41) is 12.8. The summed E-state index contributed by atoms with van der Waals surface area (Å²) >= 11 is 0. The first-order valence-electron chi connectivity index (χ1n) is 22.9. The van der Waals surface area contributed by atoms with Crippen LogP contribution < -0.4 is 4.90 Å². The van der Waals surface area contributed by atoms with Crippen LogP contribution in [0, 0.1) is 20.8 Å². The number of fused-ring (bicyclic) bond motifs is 6. The summed E-state index contributed by atoms with van der Waals surface area (Å²) in [4.78, 5) is 13.2. The zero-order chi connectivity index (χ0) is 47.9. The summed E-state index contributed by atoms with van der Waals surface area (Å²) in [6.07, 6.45) is 12.9. The van der Waals surface area contributed by atoms with Crippen molar-refractivity contribution in [2.75, 3.05) is 23.7 Å². The van der Waals surface area contributed by atoms with Crippen LogP contribution in [0.5, 0.6) is 0 Å². The molecule has 0 atom stereocenters. The standard InChI is InChI=1S/C54H62N2O8S2/c1-9-10-27-55-45-23-21-41-37(4)30-35(2)31-43(41)51(45)53(5,6)48(55)25-19-39(40-17-13-16-38(34-40)15-11-12-18-50(57)58)20-26-49-54(7,8)52-44-32-36(3)33-47(66(62,63)64)42(44)22-24-46(52)56(49)28-14-29-65(59,60)61/h13,16-17,19-26,30-34H,9-12,14-15,18,27-29H2,1-8H3,(H2-,57,58,59,60,61,62,63,64)/p+1. The van der Waals surface area contributed by atoms with Crippen LogP contribution in [-0.4, -0.2) is 66.1 Å². The van der Waals surface area contributed by atoms with Gasteiger partial charge in [0.15, 0.2) is 5.71 Å². The third-order valence-corrected chi connectivity index (χ3v) is 15.1. The van der Waals surface area contributed by atoms with Gasteiger partial charge in [-0.05, 0) is 140 Å². The minimum absolute atomic E-state index is 0.117.